The van der Waals surface area contributed by atoms with Crippen molar-refractivity contribution in [1.82, 2.24) is 20.6 Å². The average Bonchev–Trinajstić information content (AvgIpc) is 3.31. The topological polar surface area (TPSA) is 83.6 Å². The number of hydrogen-bond donors (Lipinski definition) is 2. The largest absolute Gasteiger partial charge is 0.325 e. The Labute approximate surface area is 200 Å². The molecule has 0 unspecified atom stereocenters. The van der Waals surface area contributed by atoms with Crippen LogP contribution in [0.4, 0.5) is 14.5 Å². The summed E-state index contributed by atoms with van der Waals surface area (Å²) in [5, 5.41) is 17.3. The van der Waals surface area contributed by atoms with Gasteiger partial charge in [-0.3, -0.25) is 4.79 Å². The number of carbonyl (C=O) groups excluding carboxylic acids is 1. The Morgan fingerprint density at radius 2 is 1.76 bits per heavy atom. The van der Waals surface area contributed by atoms with Crippen LogP contribution in [0, 0.1) is 11.6 Å². The third-order valence-corrected chi connectivity index (χ3v) is 6.03. The molecule has 0 fully saturated rings. The zero-order valence-corrected chi connectivity index (χ0v) is 19.7. The minimum atomic E-state index is -0.977. The van der Waals surface area contributed by atoms with E-state index in [1.807, 2.05) is 42.5 Å². The van der Waals surface area contributed by atoms with E-state index in [0.29, 0.717) is 17.1 Å². The monoisotopic (exact) mass is 479 g/mol. The molecule has 1 aromatic heterocycles. The quantitative estimate of drug-likeness (QED) is 0.337. The standard InChI is InChI=1S/C25H23F2N5OS/c1-25(2,3)34-22-11-9-16(17-6-4-5-7-18(17)24-29-31-32-30-24)14-21(22)28-23(33)13-15-8-10-19(26)20(27)12-15/h4-12,14H,13H2,1-3H3,(H,28,33)(H,29,30,31,32). The molecule has 0 bridgehead atoms. The molecule has 0 saturated heterocycles. The summed E-state index contributed by atoms with van der Waals surface area (Å²) in [6.07, 6.45) is -0.0828. The molecule has 4 rings (SSSR count). The van der Waals surface area contributed by atoms with Crippen LogP contribution in [-0.4, -0.2) is 31.3 Å². The van der Waals surface area contributed by atoms with E-state index in [-0.39, 0.29) is 17.1 Å². The maximum Gasteiger partial charge on any atom is 0.228 e. The van der Waals surface area contributed by atoms with Gasteiger partial charge in [0.1, 0.15) is 0 Å². The fourth-order valence-electron chi connectivity index (χ4n) is 3.45. The van der Waals surface area contributed by atoms with Gasteiger partial charge in [-0.15, -0.1) is 22.0 Å². The lowest BCUT2D eigenvalue weighted by Gasteiger charge is -2.21. The molecule has 2 N–H and O–H groups in total. The van der Waals surface area contributed by atoms with Crippen molar-refractivity contribution in [3.8, 4) is 22.5 Å². The normalized spacial score (nSPS) is 11.4. The van der Waals surface area contributed by atoms with Crippen molar-refractivity contribution in [2.45, 2.75) is 36.8 Å². The second-order valence-electron chi connectivity index (χ2n) is 8.68. The van der Waals surface area contributed by atoms with Gasteiger partial charge < -0.3 is 5.32 Å². The lowest BCUT2D eigenvalue weighted by Crippen LogP contribution is -2.16. The smallest absolute Gasteiger partial charge is 0.228 e. The highest BCUT2D eigenvalue weighted by atomic mass is 32.2. The zero-order chi connectivity index (χ0) is 24.3. The molecule has 0 aliphatic rings. The van der Waals surface area contributed by atoms with E-state index in [1.54, 1.807) is 11.8 Å². The molecule has 0 radical (unpaired) electrons. The molecule has 0 saturated carbocycles. The Morgan fingerprint density at radius 1 is 1.00 bits per heavy atom. The van der Waals surface area contributed by atoms with Gasteiger partial charge in [-0.1, -0.05) is 57.2 Å². The van der Waals surface area contributed by atoms with Crippen LogP contribution in [0.1, 0.15) is 26.3 Å². The first-order chi connectivity index (χ1) is 16.2. The zero-order valence-electron chi connectivity index (χ0n) is 18.9. The van der Waals surface area contributed by atoms with Crippen molar-refractivity contribution >= 4 is 23.4 Å². The van der Waals surface area contributed by atoms with Crippen LogP contribution in [0.2, 0.25) is 0 Å². The Hall–Kier alpha value is -3.59. The van der Waals surface area contributed by atoms with Crippen molar-refractivity contribution in [1.29, 1.82) is 0 Å². The minimum absolute atomic E-state index is 0.0828. The number of amides is 1. The number of aromatic nitrogens is 4. The summed E-state index contributed by atoms with van der Waals surface area (Å²) in [7, 11) is 0. The summed E-state index contributed by atoms with van der Waals surface area (Å²) in [6.45, 7) is 6.26. The molecule has 174 valence electrons. The number of tetrazole rings is 1. The summed E-state index contributed by atoms with van der Waals surface area (Å²) >= 11 is 1.62. The fourth-order valence-corrected chi connectivity index (χ4v) is 4.46. The number of nitrogens with zero attached hydrogens (tertiary/aromatic N) is 3. The van der Waals surface area contributed by atoms with Crippen LogP contribution in [-0.2, 0) is 11.2 Å². The number of hydrogen-bond acceptors (Lipinski definition) is 5. The molecule has 1 heterocycles. The van der Waals surface area contributed by atoms with Crippen molar-refractivity contribution in [2.75, 3.05) is 5.32 Å². The highest BCUT2D eigenvalue weighted by Gasteiger charge is 2.19. The highest BCUT2D eigenvalue weighted by Crippen LogP contribution is 2.40. The Balaban J connectivity index is 1.68. The molecule has 4 aromatic rings. The predicted molar refractivity (Wildman–Crippen MR) is 129 cm³/mol. The molecule has 0 aliphatic carbocycles. The van der Waals surface area contributed by atoms with Gasteiger partial charge in [0.15, 0.2) is 11.6 Å². The molecule has 3 aromatic carbocycles. The van der Waals surface area contributed by atoms with Gasteiger partial charge in [-0.2, -0.15) is 5.21 Å². The van der Waals surface area contributed by atoms with Gasteiger partial charge in [-0.05, 0) is 46.2 Å². The highest BCUT2D eigenvalue weighted by molar-refractivity contribution is 8.00. The van der Waals surface area contributed by atoms with Crippen LogP contribution in [0.25, 0.3) is 22.5 Å². The van der Waals surface area contributed by atoms with Crippen LogP contribution in [0.15, 0.2) is 65.6 Å². The number of thioether (sulfide) groups is 1. The lowest BCUT2D eigenvalue weighted by molar-refractivity contribution is -0.115. The molecule has 0 spiro atoms. The van der Waals surface area contributed by atoms with E-state index in [2.05, 4.69) is 46.7 Å². The third kappa shape index (κ3) is 5.66. The van der Waals surface area contributed by atoms with Crippen molar-refractivity contribution in [3.63, 3.8) is 0 Å². The number of nitrogens with one attached hydrogen (secondary N) is 2. The van der Waals surface area contributed by atoms with Gasteiger partial charge in [-0.25, -0.2) is 8.78 Å². The van der Waals surface area contributed by atoms with Crippen LogP contribution in [0.5, 0.6) is 0 Å². The van der Waals surface area contributed by atoms with Crippen molar-refractivity contribution < 1.29 is 13.6 Å². The second kappa shape index (κ2) is 9.72. The van der Waals surface area contributed by atoms with Gasteiger partial charge in [0.25, 0.3) is 0 Å². The molecule has 34 heavy (non-hydrogen) atoms. The predicted octanol–water partition coefficient (Wildman–Crippen LogP) is 5.88. The number of halogens is 2. The first-order valence-electron chi connectivity index (χ1n) is 10.6. The first-order valence-corrected chi connectivity index (χ1v) is 11.4. The van der Waals surface area contributed by atoms with E-state index >= 15 is 0 Å². The van der Waals surface area contributed by atoms with E-state index in [0.717, 1.165) is 33.7 Å². The first kappa shape index (κ1) is 23.6. The Bertz CT molecular complexity index is 1320. The van der Waals surface area contributed by atoms with Crippen LogP contribution >= 0.6 is 11.8 Å². The fraction of sp³-hybridized carbons (Fsp3) is 0.200. The van der Waals surface area contributed by atoms with Gasteiger partial charge in [0, 0.05) is 15.2 Å². The summed E-state index contributed by atoms with van der Waals surface area (Å²) in [5.41, 5.74) is 3.56. The lowest BCUT2D eigenvalue weighted by atomic mass is 9.99. The molecule has 0 aliphatic heterocycles. The number of benzene rings is 3. The minimum Gasteiger partial charge on any atom is -0.325 e. The Kier molecular flexibility index (Phi) is 6.74. The number of aromatic amines is 1. The third-order valence-electron chi connectivity index (χ3n) is 4.84. The SMILES string of the molecule is CC(C)(C)Sc1ccc(-c2ccccc2-c2nn[nH]n2)cc1NC(=O)Cc1ccc(F)c(F)c1. The maximum atomic E-state index is 13.6. The van der Waals surface area contributed by atoms with Crippen molar-refractivity contribution in [3.05, 3.63) is 77.9 Å². The second-order valence-corrected chi connectivity index (χ2v) is 10.5. The van der Waals surface area contributed by atoms with Gasteiger partial charge >= 0.3 is 0 Å². The summed E-state index contributed by atoms with van der Waals surface area (Å²) in [5.74, 6) is -1.78. The molecular formula is C25H23F2N5OS. The Morgan fingerprint density at radius 3 is 2.44 bits per heavy atom. The van der Waals surface area contributed by atoms with E-state index < -0.39 is 11.6 Å². The summed E-state index contributed by atoms with van der Waals surface area (Å²) in [4.78, 5) is 13.7. The molecule has 6 nitrogen and oxygen atoms in total. The summed E-state index contributed by atoms with van der Waals surface area (Å²) in [6, 6.07) is 17.0. The number of carbonyl (C=O) groups is 1. The van der Waals surface area contributed by atoms with Crippen molar-refractivity contribution in [2.24, 2.45) is 0 Å². The average molecular weight is 480 g/mol. The van der Waals surface area contributed by atoms with Crippen LogP contribution < -0.4 is 5.32 Å². The maximum absolute atomic E-state index is 13.6. The number of anilines is 1. The van der Waals surface area contributed by atoms with E-state index in [1.165, 1.54) is 6.07 Å². The molecule has 9 heteroatoms. The molecular weight excluding hydrogens is 456 g/mol. The van der Waals surface area contributed by atoms with Gasteiger partial charge in [0.2, 0.25) is 11.7 Å². The van der Waals surface area contributed by atoms with E-state index in [9.17, 15) is 13.6 Å². The molecule has 0 atom stereocenters. The van der Waals surface area contributed by atoms with E-state index in [4.69, 9.17) is 0 Å². The summed E-state index contributed by atoms with van der Waals surface area (Å²) < 4.78 is 26.7. The number of rotatable bonds is 6. The van der Waals surface area contributed by atoms with Crippen LogP contribution in [0.3, 0.4) is 0 Å². The van der Waals surface area contributed by atoms with Gasteiger partial charge in [0.05, 0.1) is 12.1 Å². The number of H-pyrrole nitrogens is 1. The molecule has 1 amide bonds.